The van der Waals surface area contributed by atoms with Gasteiger partial charge in [0.2, 0.25) is 0 Å². The molecule has 0 spiro atoms. The van der Waals surface area contributed by atoms with Gasteiger partial charge in [-0.15, -0.1) is 11.6 Å². The van der Waals surface area contributed by atoms with Gasteiger partial charge in [0.05, 0.1) is 12.5 Å². The van der Waals surface area contributed by atoms with Crippen LogP contribution in [-0.4, -0.2) is 42.1 Å². The molecule has 1 unspecified atom stereocenters. The number of carbonyl (C=O) groups excluding carboxylic acids is 2. The van der Waals surface area contributed by atoms with Crippen LogP contribution in [0.2, 0.25) is 0 Å². The van der Waals surface area contributed by atoms with E-state index in [4.69, 9.17) is 16.3 Å². The second kappa shape index (κ2) is 9.27. The molecule has 0 saturated heterocycles. The molecule has 1 atom stereocenters. The lowest BCUT2D eigenvalue weighted by molar-refractivity contribution is -0.123. The van der Waals surface area contributed by atoms with Crippen LogP contribution in [0.3, 0.4) is 0 Å². The van der Waals surface area contributed by atoms with Crippen LogP contribution in [0.25, 0.3) is 0 Å². The molecule has 1 rings (SSSR count). The van der Waals surface area contributed by atoms with Gasteiger partial charge >= 0.3 is 6.09 Å². The van der Waals surface area contributed by atoms with E-state index in [2.05, 4.69) is 10.6 Å². The molecule has 122 valence electrons. The van der Waals surface area contributed by atoms with Crippen molar-refractivity contribution in [2.45, 2.75) is 20.0 Å². The van der Waals surface area contributed by atoms with Gasteiger partial charge in [-0.2, -0.15) is 0 Å². The number of nitrogens with one attached hydrogen (secondary N) is 2. The second-order valence-corrected chi connectivity index (χ2v) is 5.46. The third-order valence-electron chi connectivity index (χ3n) is 2.68. The van der Waals surface area contributed by atoms with E-state index in [1.807, 2.05) is 13.8 Å². The van der Waals surface area contributed by atoms with Gasteiger partial charge in [-0.05, 0) is 30.2 Å². The highest BCUT2D eigenvalue weighted by atomic mass is 35.5. The summed E-state index contributed by atoms with van der Waals surface area (Å²) >= 11 is 5.35. The number of ketones is 1. The predicted molar refractivity (Wildman–Crippen MR) is 86.5 cm³/mol. The van der Waals surface area contributed by atoms with E-state index < -0.39 is 18.0 Å². The molecule has 3 N–H and O–H groups in total. The highest BCUT2D eigenvalue weighted by Crippen LogP contribution is 2.14. The third-order valence-corrected chi connectivity index (χ3v) is 2.95. The maximum Gasteiger partial charge on any atom is 0.411 e. The molecular formula is C15H21ClN2O4. The Hall–Kier alpha value is -1.79. The summed E-state index contributed by atoms with van der Waals surface area (Å²) in [6.45, 7) is 4.35. The van der Waals surface area contributed by atoms with E-state index in [1.54, 1.807) is 24.3 Å². The van der Waals surface area contributed by atoms with Gasteiger partial charge in [-0.3, -0.25) is 10.1 Å². The average Bonchev–Trinajstić information content (AvgIpc) is 2.51. The maximum absolute atomic E-state index is 11.5. The number of aliphatic hydroxyl groups excluding tert-OH is 1. The number of benzene rings is 1. The zero-order valence-electron chi connectivity index (χ0n) is 12.6. The zero-order chi connectivity index (χ0) is 16.5. The van der Waals surface area contributed by atoms with E-state index in [9.17, 15) is 14.7 Å². The Balaban J connectivity index is 2.42. The van der Waals surface area contributed by atoms with Crippen molar-refractivity contribution in [2.24, 2.45) is 5.92 Å². The standard InChI is InChI=1S/C15H21ClN2O4/c1-10(2)9-22-15(21)18-12-5-3-11(4-6-12)17-8-14(20)13(19)7-16/h3-6,10,14,17,20H,7-9H2,1-2H3,(H,18,21). The van der Waals surface area contributed by atoms with Crippen LogP contribution in [0.1, 0.15) is 13.8 Å². The second-order valence-electron chi connectivity index (χ2n) is 5.19. The van der Waals surface area contributed by atoms with Crippen molar-refractivity contribution in [3.63, 3.8) is 0 Å². The smallest absolute Gasteiger partial charge is 0.411 e. The van der Waals surface area contributed by atoms with Crippen LogP contribution in [0.4, 0.5) is 16.2 Å². The first kappa shape index (κ1) is 18.3. The number of amides is 1. The summed E-state index contributed by atoms with van der Waals surface area (Å²) in [5.41, 5.74) is 1.30. The normalized spacial score (nSPS) is 11.9. The molecule has 6 nitrogen and oxygen atoms in total. The van der Waals surface area contributed by atoms with Crippen LogP contribution in [-0.2, 0) is 9.53 Å². The van der Waals surface area contributed by atoms with E-state index in [1.165, 1.54) is 0 Å². The molecule has 0 aliphatic heterocycles. The van der Waals surface area contributed by atoms with Crippen LogP contribution in [0, 0.1) is 5.92 Å². The Labute approximate surface area is 134 Å². The largest absolute Gasteiger partial charge is 0.449 e. The lowest BCUT2D eigenvalue weighted by Gasteiger charge is -2.12. The quantitative estimate of drug-likeness (QED) is 0.638. The number of rotatable bonds is 8. The third kappa shape index (κ3) is 6.78. The number of aliphatic hydroxyl groups is 1. The SMILES string of the molecule is CC(C)COC(=O)Nc1ccc(NCC(O)C(=O)CCl)cc1. The molecule has 0 bridgehead atoms. The van der Waals surface area contributed by atoms with Crippen molar-refractivity contribution in [1.82, 2.24) is 0 Å². The molecule has 0 aromatic heterocycles. The Morgan fingerprint density at radius 3 is 2.36 bits per heavy atom. The first-order valence-corrected chi connectivity index (χ1v) is 7.50. The van der Waals surface area contributed by atoms with Crippen LogP contribution in [0.5, 0.6) is 0 Å². The van der Waals surface area contributed by atoms with Crippen molar-refractivity contribution in [2.75, 3.05) is 29.7 Å². The fraction of sp³-hybridized carbons (Fsp3) is 0.467. The topological polar surface area (TPSA) is 87.7 Å². The predicted octanol–water partition coefficient (Wildman–Crippen LogP) is 2.47. The molecule has 0 radical (unpaired) electrons. The van der Waals surface area contributed by atoms with Crippen LogP contribution < -0.4 is 10.6 Å². The highest BCUT2D eigenvalue weighted by Gasteiger charge is 2.13. The summed E-state index contributed by atoms with van der Waals surface area (Å²) in [5.74, 6) is -0.371. The highest BCUT2D eigenvalue weighted by molar-refractivity contribution is 6.28. The molecule has 22 heavy (non-hydrogen) atoms. The fourth-order valence-electron chi connectivity index (χ4n) is 1.49. The minimum Gasteiger partial charge on any atom is -0.449 e. The summed E-state index contributed by atoms with van der Waals surface area (Å²) in [5, 5.41) is 15.0. The molecule has 0 aliphatic carbocycles. The first-order chi connectivity index (χ1) is 10.4. The van der Waals surface area contributed by atoms with Gasteiger partial charge in [0, 0.05) is 17.9 Å². The van der Waals surface area contributed by atoms with Crippen LogP contribution >= 0.6 is 11.6 Å². The van der Waals surface area contributed by atoms with Gasteiger partial charge in [0.1, 0.15) is 6.10 Å². The molecule has 1 aromatic carbocycles. The number of ether oxygens (including phenoxy) is 1. The van der Waals surface area contributed by atoms with Gasteiger partial charge in [0.15, 0.2) is 5.78 Å². The summed E-state index contributed by atoms with van der Waals surface area (Å²) in [7, 11) is 0. The summed E-state index contributed by atoms with van der Waals surface area (Å²) < 4.78 is 5.01. The number of hydrogen-bond acceptors (Lipinski definition) is 5. The van der Waals surface area contributed by atoms with Gasteiger partial charge < -0.3 is 15.2 Å². The van der Waals surface area contributed by atoms with E-state index in [-0.39, 0.29) is 18.3 Å². The molecule has 7 heteroatoms. The van der Waals surface area contributed by atoms with E-state index in [0.717, 1.165) is 0 Å². The number of hydrogen-bond donors (Lipinski definition) is 3. The molecule has 0 aliphatic rings. The lowest BCUT2D eigenvalue weighted by atomic mass is 10.2. The van der Waals surface area contributed by atoms with Crippen molar-refractivity contribution < 1.29 is 19.4 Å². The molecule has 1 aromatic rings. The molecular weight excluding hydrogens is 308 g/mol. The van der Waals surface area contributed by atoms with Gasteiger partial charge in [0.25, 0.3) is 0 Å². The number of Topliss-reactive ketones (excluding diaryl/α,β-unsaturated/α-hetero) is 1. The molecule has 0 fully saturated rings. The Morgan fingerprint density at radius 1 is 1.23 bits per heavy atom. The lowest BCUT2D eigenvalue weighted by Crippen LogP contribution is -2.29. The summed E-state index contributed by atoms with van der Waals surface area (Å²) in [4.78, 5) is 22.6. The van der Waals surface area contributed by atoms with Crippen molar-refractivity contribution in [3.05, 3.63) is 24.3 Å². The average molecular weight is 329 g/mol. The molecule has 1 amide bonds. The Kier molecular flexibility index (Phi) is 7.70. The van der Waals surface area contributed by atoms with Crippen LogP contribution in [0.15, 0.2) is 24.3 Å². The minimum atomic E-state index is -1.14. The van der Waals surface area contributed by atoms with E-state index in [0.29, 0.717) is 18.0 Å². The number of anilines is 2. The maximum atomic E-state index is 11.5. The van der Waals surface area contributed by atoms with Crippen molar-refractivity contribution in [1.29, 1.82) is 0 Å². The minimum absolute atomic E-state index is 0.0781. The van der Waals surface area contributed by atoms with Crippen molar-refractivity contribution >= 4 is 34.9 Å². The van der Waals surface area contributed by atoms with Gasteiger partial charge in [-0.1, -0.05) is 13.8 Å². The zero-order valence-corrected chi connectivity index (χ0v) is 13.4. The Morgan fingerprint density at radius 2 is 1.82 bits per heavy atom. The van der Waals surface area contributed by atoms with Gasteiger partial charge in [-0.25, -0.2) is 4.79 Å². The number of carbonyl (C=O) groups is 2. The monoisotopic (exact) mass is 328 g/mol. The first-order valence-electron chi connectivity index (χ1n) is 6.96. The molecule has 0 saturated carbocycles. The number of halogens is 1. The fourth-order valence-corrected chi connectivity index (χ4v) is 1.66. The van der Waals surface area contributed by atoms with E-state index >= 15 is 0 Å². The Bertz CT molecular complexity index is 491. The summed E-state index contributed by atoms with van der Waals surface area (Å²) in [6, 6.07) is 6.81. The molecule has 0 heterocycles. The summed E-state index contributed by atoms with van der Waals surface area (Å²) in [6.07, 6.45) is -1.64. The number of alkyl halides is 1. The van der Waals surface area contributed by atoms with Crippen molar-refractivity contribution in [3.8, 4) is 0 Å².